The van der Waals surface area contributed by atoms with Crippen LogP contribution in [-0.4, -0.2) is 39.1 Å². The first kappa shape index (κ1) is 15.0. The van der Waals surface area contributed by atoms with Gasteiger partial charge in [-0.2, -0.15) is 0 Å². The van der Waals surface area contributed by atoms with Gasteiger partial charge in [0.1, 0.15) is 0 Å². The molecule has 1 unspecified atom stereocenters. The zero-order valence-electron chi connectivity index (χ0n) is 12.2. The molecule has 0 aliphatic carbocycles. The summed E-state index contributed by atoms with van der Waals surface area (Å²) in [5.74, 6) is 0. The highest BCUT2D eigenvalue weighted by Gasteiger charge is 2.14. The Balaban J connectivity index is 2.75. The Hall–Kier alpha value is -1.06. The van der Waals surface area contributed by atoms with E-state index in [2.05, 4.69) is 62.1 Å². The second-order valence-electron chi connectivity index (χ2n) is 5.07. The number of likely N-dealkylation sites (N-methyl/N-ethyl adjacent to an activating group) is 1. The standard InChI is InChI=1S/C15H27N3/c1-5-6-11-18(4)15(12-16)13-7-9-14(10-8-13)17(2)3/h7-10,15H,5-6,11-12,16H2,1-4H3. The molecule has 0 aliphatic rings. The fourth-order valence-corrected chi connectivity index (χ4v) is 2.13. The van der Waals surface area contributed by atoms with E-state index in [0.29, 0.717) is 12.6 Å². The van der Waals surface area contributed by atoms with E-state index in [4.69, 9.17) is 5.73 Å². The van der Waals surface area contributed by atoms with Crippen LogP contribution in [0, 0.1) is 0 Å². The Morgan fingerprint density at radius 1 is 1.11 bits per heavy atom. The number of nitrogens with zero attached hydrogens (tertiary/aromatic N) is 2. The van der Waals surface area contributed by atoms with Crippen molar-refractivity contribution in [1.29, 1.82) is 0 Å². The Labute approximate surface area is 112 Å². The molecule has 0 amide bonds. The van der Waals surface area contributed by atoms with Gasteiger partial charge in [-0.3, -0.25) is 4.90 Å². The third-order valence-corrected chi connectivity index (χ3v) is 3.41. The number of benzene rings is 1. The lowest BCUT2D eigenvalue weighted by molar-refractivity contribution is 0.246. The van der Waals surface area contributed by atoms with E-state index >= 15 is 0 Å². The Kier molecular flexibility index (Phi) is 6.16. The molecule has 0 radical (unpaired) electrons. The van der Waals surface area contributed by atoms with Crippen LogP contribution >= 0.6 is 0 Å². The predicted octanol–water partition coefficient (Wildman–Crippen LogP) is 2.48. The van der Waals surface area contributed by atoms with E-state index in [0.717, 1.165) is 6.54 Å². The van der Waals surface area contributed by atoms with Crippen molar-refractivity contribution >= 4 is 5.69 Å². The molecule has 1 aromatic carbocycles. The van der Waals surface area contributed by atoms with E-state index in [9.17, 15) is 0 Å². The first-order valence-corrected chi connectivity index (χ1v) is 6.77. The predicted molar refractivity (Wildman–Crippen MR) is 80.1 cm³/mol. The summed E-state index contributed by atoms with van der Waals surface area (Å²) in [5.41, 5.74) is 8.46. The van der Waals surface area contributed by atoms with Gasteiger partial charge in [-0.05, 0) is 37.7 Å². The van der Waals surface area contributed by atoms with Crippen LogP contribution in [0.25, 0.3) is 0 Å². The van der Waals surface area contributed by atoms with Gasteiger partial charge in [-0.25, -0.2) is 0 Å². The van der Waals surface area contributed by atoms with Gasteiger partial charge >= 0.3 is 0 Å². The average molecular weight is 249 g/mol. The quantitative estimate of drug-likeness (QED) is 0.806. The van der Waals surface area contributed by atoms with Gasteiger partial charge in [0.15, 0.2) is 0 Å². The summed E-state index contributed by atoms with van der Waals surface area (Å²) < 4.78 is 0. The maximum atomic E-state index is 5.92. The SMILES string of the molecule is CCCCN(C)C(CN)c1ccc(N(C)C)cc1. The zero-order chi connectivity index (χ0) is 13.5. The second-order valence-corrected chi connectivity index (χ2v) is 5.07. The van der Waals surface area contributed by atoms with E-state index in [-0.39, 0.29) is 0 Å². The maximum Gasteiger partial charge on any atom is 0.0467 e. The van der Waals surface area contributed by atoms with Crippen molar-refractivity contribution in [3.63, 3.8) is 0 Å². The van der Waals surface area contributed by atoms with E-state index < -0.39 is 0 Å². The molecule has 18 heavy (non-hydrogen) atoms. The van der Waals surface area contributed by atoms with Crippen molar-refractivity contribution in [3.8, 4) is 0 Å². The van der Waals surface area contributed by atoms with Crippen LogP contribution in [0.15, 0.2) is 24.3 Å². The number of nitrogens with two attached hydrogens (primary N) is 1. The van der Waals surface area contributed by atoms with E-state index in [1.807, 2.05) is 0 Å². The zero-order valence-corrected chi connectivity index (χ0v) is 12.2. The van der Waals surface area contributed by atoms with E-state index in [1.54, 1.807) is 0 Å². The van der Waals surface area contributed by atoms with Crippen molar-refractivity contribution in [1.82, 2.24) is 4.90 Å². The van der Waals surface area contributed by atoms with E-state index in [1.165, 1.54) is 24.1 Å². The molecular formula is C15H27N3. The minimum atomic E-state index is 0.327. The molecule has 102 valence electrons. The molecule has 0 aromatic heterocycles. The highest BCUT2D eigenvalue weighted by Crippen LogP contribution is 2.21. The fourth-order valence-electron chi connectivity index (χ4n) is 2.13. The largest absolute Gasteiger partial charge is 0.378 e. The van der Waals surface area contributed by atoms with Crippen molar-refractivity contribution in [2.75, 3.05) is 39.1 Å². The number of unbranched alkanes of at least 4 members (excludes halogenated alkanes) is 1. The number of hydrogen-bond donors (Lipinski definition) is 1. The summed E-state index contributed by atoms with van der Waals surface area (Å²) in [4.78, 5) is 4.47. The van der Waals surface area contributed by atoms with Gasteiger partial charge in [0.25, 0.3) is 0 Å². The second kappa shape index (κ2) is 7.39. The normalized spacial score (nSPS) is 12.8. The molecule has 0 heterocycles. The Morgan fingerprint density at radius 2 is 1.72 bits per heavy atom. The summed E-state index contributed by atoms with van der Waals surface area (Å²) in [5, 5.41) is 0. The first-order valence-electron chi connectivity index (χ1n) is 6.77. The molecule has 0 saturated carbocycles. The molecule has 1 rings (SSSR count). The fraction of sp³-hybridized carbons (Fsp3) is 0.600. The highest BCUT2D eigenvalue weighted by molar-refractivity contribution is 5.46. The first-order chi connectivity index (χ1) is 8.60. The molecule has 0 aliphatic heterocycles. The van der Waals surface area contributed by atoms with Crippen LogP contribution in [0.1, 0.15) is 31.4 Å². The van der Waals surface area contributed by atoms with Gasteiger partial charge in [0.05, 0.1) is 0 Å². The summed E-state index contributed by atoms with van der Waals surface area (Å²) in [6, 6.07) is 9.02. The van der Waals surface area contributed by atoms with Crippen LogP contribution in [0.4, 0.5) is 5.69 Å². The van der Waals surface area contributed by atoms with Crippen LogP contribution < -0.4 is 10.6 Å². The minimum absolute atomic E-state index is 0.327. The molecule has 0 bridgehead atoms. The molecular weight excluding hydrogens is 222 g/mol. The van der Waals surface area contributed by atoms with Crippen LogP contribution in [0.2, 0.25) is 0 Å². The van der Waals surface area contributed by atoms with Gasteiger partial charge in [0, 0.05) is 32.4 Å². The lowest BCUT2D eigenvalue weighted by atomic mass is 10.0. The summed E-state index contributed by atoms with van der Waals surface area (Å²) >= 11 is 0. The number of rotatable bonds is 7. The molecule has 0 saturated heterocycles. The van der Waals surface area contributed by atoms with Gasteiger partial charge in [-0.1, -0.05) is 25.5 Å². The Morgan fingerprint density at radius 3 is 2.17 bits per heavy atom. The van der Waals surface area contributed by atoms with Crippen molar-refractivity contribution in [3.05, 3.63) is 29.8 Å². The van der Waals surface area contributed by atoms with Gasteiger partial charge < -0.3 is 10.6 Å². The topological polar surface area (TPSA) is 32.5 Å². The smallest absolute Gasteiger partial charge is 0.0467 e. The molecule has 3 heteroatoms. The van der Waals surface area contributed by atoms with Crippen molar-refractivity contribution in [2.24, 2.45) is 5.73 Å². The van der Waals surface area contributed by atoms with Crippen molar-refractivity contribution in [2.45, 2.75) is 25.8 Å². The summed E-state index contributed by atoms with van der Waals surface area (Å²) in [6.45, 7) is 3.99. The lowest BCUT2D eigenvalue weighted by Gasteiger charge is -2.27. The molecule has 1 atom stereocenters. The van der Waals surface area contributed by atoms with Gasteiger partial charge in [0.2, 0.25) is 0 Å². The van der Waals surface area contributed by atoms with Gasteiger partial charge in [-0.15, -0.1) is 0 Å². The van der Waals surface area contributed by atoms with Crippen molar-refractivity contribution < 1.29 is 0 Å². The minimum Gasteiger partial charge on any atom is -0.378 e. The average Bonchev–Trinajstić information content (AvgIpc) is 2.37. The number of hydrogen-bond acceptors (Lipinski definition) is 3. The summed E-state index contributed by atoms with van der Waals surface area (Å²) in [6.07, 6.45) is 2.45. The molecule has 0 fully saturated rings. The lowest BCUT2D eigenvalue weighted by Crippen LogP contribution is -2.31. The van der Waals surface area contributed by atoms with Crippen LogP contribution in [0.5, 0.6) is 0 Å². The number of anilines is 1. The Bertz CT molecular complexity index is 332. The third kappa shape index (κ3) is 4.00. The maximum absolute atomic E-state index is 5.92. The monoisotopic (exact) mass is 249 g/mol. The third-order valence-electron chi connectivity index (χ3n) is 3.41. The highest BCUT2D eigenvalue weighted by atomic mass is 15.1. The molecule has 0 spiro atoms. The molecule has 3 nitrogen and oxygen atoms in total. The van der Waals surface area contributed by atoms with Crippen LogP contribution in [-0.2, 0) is 0 Å². The molecule has 2 N–H and O–H groups in total. The molecule has 1 aromatic rings. The summed E-state index contributed by atoms with van der Waals surface area (Å²) in [7, 11) is 6.28. The van der Waals surface area contributed by atoms with Crippen LogP contribution in [0.3, 0.4) is 0 Å².